The molecule has 0 rings (SSSR count). The van der Waals surface area contributed by atoms with E-state index in [0.29, 0.717) is 24.7 Å². The zero-order chi connectivity index (χ0) is 9.56. The molecule has 0 aliphatic rings. The molecule has 12 heavy (non-hydrogen) atoms. The molecule has 0 aliphatic carbocycles. The average molecular weight is 172 g/mol. The molecule has 0 bridgehead atoms. The first-order valence-electron chi connectivity index (χ1n) is 4.63. The van der Waals surface area contributed by atoms with Gasteiger partial charge < -0.3 is 4.74 Å². The molecule has 0 fully saturated rings. The van der Waals surface area contributed by atoms with Crippen LogP contribution in [0.3, 0.4) is 0 Å². The number of methoxy groups -OCH3 is 1. The van der Waals surface area contributed by atoms with Crippen LogP contribution in [0, 0.1) is 11.8 Å². The molecule has 0 aliphatic heterocycles. The largest absolute Gasteiger partial charge is 0.384 e. The summed E-state index contributed by atoms with van der Waals surface area (Å²) in [6, 6.07) is 0. The summed E-state index contributed by atoms with van der Waals surface area (Å²) >= 11 is 0. The van der Waals surface area contributed by atoms with Crippen molar-refractivity contribution in [3.05, 3.63) is 0 Å². The van der Waals surface area contributed by atoms with Gasteiger partial charge in [-0.05, 0) is 12.3 Å². The van der Waals surface area contributed by atoms with Gasteiger partial charge in [-0.15, -0.1) is 0 Å². The van der Waals surface area contributed by atoms with E-state index >= 15 is 0 Å². The summed E-state index contributed by atoms with van der Waals surface area (Å²) < 4.78 is 4.97. The van der Waals surface area contributed by atoms with Crippen LogP contribution in [0.1, 0.15) is 33.6 Å². The number of hydrogen-bond donors (Lipinski definition) is 0. The summed E-state index contributed by atoms with van der Waals surface area (Å²) in [6.45, 7) is 6.76. The number of rotatable bonds is 6. The second-order valence-electron chi connectivity index (χ2n) is 3.54. The van der Waals surface area contributed by atoms with Crippen molar-refractivity contribution in [3.63, 3.8) is 0 Å². The monoisotopic (exact) mass is 172 g/mol. The molecule has 72 valence electrons. The lowest BCUT2D eigenvalue weighted by molar-refractivity contribution is -0.123. The normalized spacial score (nSPS) is 15.7. The molecular formula is C10H20O2. The van der Waals surface area contributed by atoms with Gasteiger partial charge in [0.2, 0.25) is 0 Å². The number of hydrogen-bond acceptors (Lipinski definition) is 2. The van der Waals surface area contributed by atoms with Crippen molar-refractivity contribution in [2.24, 2.45) is 11.8 Å². The van der Waals surface area contributed by atoms with E-state index in [1.54, 1.807) is 7.11 Å². The fourth-order valence-corrected chi connectivity index (χ4v) is 1.12. The zero-order valence-corrected chi connectivity index (χ0v) is 8.59. The molecule has 0 aromatic heterocycles. The van der Waals surface area contributed by atoms with Gasteiger partial charge in [-0.3, -0.25) is 4.79 Å². The third kappa shape index (κ3) is 4.50. The van der Waals surface area contributed by atoms with Crippen LogP contribution in [-0.4, -0.2) is 19.5 Å². The molecule has 0 radical (unpaired) electrons. The Balaban J connectivity index is 3.67. The van der Waals surface area contributed by atoms with Gasteiger partial charge in [0.25, 0.3) is 0 Å². The van der Waals surface area contributed by atoms with Crippen LogP contribution in [0.15, 0.2) is 0 Å². The molecule has 0 spiro atoms. The molecule has 2 unspecified atom stereocenters. The lowest BCUT2D eigenvalue weighted by Gasteiger charge is -2.12. The van der Waals surface area contributed by atoms with E-state index in [4.69, 9.17) is 4.74 Å². The van der Waals surface area contributed by atoms with Crippen LogP contribution >= 0.6 is 0 Å². The van der Waals surface area contributed by atoms with Gasteiger partial charge in [0, 0.05) is 26.1 Å². The fourth-order valence-electron chi connectivity index (χ4n) is 1.12. The topological polar surface area (TPSA) is 26.3 Å². The van der Waals surface area contributed by atoms with Crippen LogP contribution in [0.4, 0.5) is 0 Å². The van der Waals surface area contributed by atoms with E-state index in [-0.39, 0.29) is 5.92 Å². The van der Waals surface area contributed by atoms with Crippen molar-refractivity contribution in [2.45, 2.75) is 33.6 Å². The van der Waals surface area contributed by atoms with Crippen molar-refractivity contribution in [2.75, 3.05) is 13.7 Å². The average Bonchev–Trinajstić information content (AvgIpc) is 2.03. The van der Waals surface area contributed by atoms with Crippen molar-refractivity contribution in [3.8, 4) is 0 Å². The highest BCUT2D eigenvalue weighted by molar-refractivity contribution is 5.80. The quantitative estimate of drug-likeness (QED) is 0.614. The maximum absolute atomic E-state index is 11.4. The van der Waals surface area contributed by atoms with E-state index in [0.717, 1.165) is 6.42 Å². The summed E-state index contributed by atoms with van der Waals surface area (Å²) in [5, 5.41) is 0. The van der Waals surface area contributed by atoms with Gasteiger partial charge in [-0.2, -0.15) is 0 Å². The number of ketones is 1. The van der Waals surface area contributed by atoms with E-state index in [9.17, 15) is 4.79 Å². The van der Waals surface area contributed by atoms with Gasteiger partial charge in [0.05, 0.1) is 0 Å². The molecule has 0 amide bonds. The minimum Gasteiger partial charge on any atom is -0.384 e. The molecule has 0 heterocycles. The molecule has 2 atom stereocenters. The van der Waals surface area contributed by atoms with E-state index in [1.807, 2.05) is 20.8 Å². The minimum atomic E-state index is 0.212. The SMILES string of the molecule is CCC(C)C(=O)CC(C)COC. The number of ether oxygens (including phenoxy) is 1. The van der Waals surface area contributed by atoms with Crippen molar-refractivity contribution in [1.82, 2.24) is 0 Å². The van der Waals surface area contributed by atoms with E-state index in [1.165, 1.54) is 0 Å². The molecule has 0 saturated carbocycles. The number of carbonyl (C=O) groups is 1. The lowest BCUT2D eigenvalue weighted by atomic mass is 9.95. The predicted molar refractivity (Wildman–Crippen MR) is 50.1 cm³/mol. The summed E-state index contributed by atoms with van der Waals surface area (Å²) in [7, 11) is 1.67. The van der Waals surface area contributed by atoms with Crippen LogP contribution in [0.5, 0.6) is 0 Å². The third-order valence-corrected chi connectivity index (χ3v) is 2.16. The number of Topliss-reactive ketones (excluding diaryl/α,β-unsaturated/α-hetero) is 1. The molecular weight excluding hydrogens is 152 g/mol. The summed E-state index contributed by atoms with van der Waals surface area (Å²) in [5.74, 6) is 0.933. The highest BCUT2D eigenvalue weighted by Crippen LogP contribution is 2.11. The van der Waals surface area contributed by atoms with Crippen LogP contribution < -0.4 is 0 Å². The molecule has 0 aromatic carbocycles. The first-order valence-corrected chi connectivity index (χ1v) is 4.63. The molecule has 2 heteroatoms. The fraction of sp³-hybridized carbons (Fsp3) is 0.900. The molecule has 0 aromatic rings. The predicted octanol–water partition coefficient (Wildman–Crippen LogP) is 2.27. The van der Waals surface area contributed by atoms with Gasteiger partial charge in [-0.1, -0.05) is 20.8 Å². The highest BCUT2D eigenvalue weighted by atomic mass is 16.5. The lowest BCUT2D eigenvalue weighted by Crippen LogP contribution is -2.16. The smallest absolute Gasteiger partial charge is 0.136 e. The Bertz CT molecular complexity index is 132. The van der Waals surface area contributed by atoms with Crippen molar-refractivity contribution >= 4 is 5.78 Å². The zero-order valence-electron chi connectivity index (χ0n) is 8.59. The minimum absolute atomic E-state index is 0.212. The Labute approximate surface area is 75.3 Å². The Morgan fingerprint density at radius 2 is 2.00 bits per heavy atom. The Morgan fingerprint density at radius 1 is 1.42 bits per heavy atom. The first-order chi connectivity index (χ1) is 5.61. The third-order valence-electron chi connectivity index (χ3n) is 2.16. The Hall–Kier alpha value is -0.370. The Kier molecular flexibility index (Phi) is 5.99. The summed E-state index contributed by atoms with van der Waals surface area (Å²) in [4.78, 5) is 11.4. The molecule has 0 N–H and O–H groups in total. The summed E-state index contributed by atoms with van der Waals surface area (Å²) in [5.41, 5.74) is 0. The highest BCUT2D eigenvalue weighted by Gasteiger charge is 2.13. The second-order valence-corrected chi connectivity index (χ2v) is 3.54. The van der Waals surface area contributed by atoms with Gasteiger partial charge in [0.1, 0.15) is 5.78 Å². The van der Waals surface area contributed by atoms with Crippen molar-refractivity contribution in [1.29, 1.82) is 0 Å². The second kappa shape index (κ2) is 6.18. The van der Waals surface area contributed by atoms with Gasteiger partial charge in [-0.25, -0.2) is 0 Å². The van der Waals surface area contributed by atoms with Crippen molar-refractivity contribution < 1.29 is 9.53 Å². The van der Waals surface area contributed by atoms with Gasteiger partial charge in [0.15, 0.2) is 0 Å². The van der Waals surface area contributed by atoms with E-state index < -0.39 is 0 Å². The first kappa shape index (κ1) is 11.6. The van der Waals surface area contributed by atoms with Gasteiger partial charge >= 0.3 is 0 Å². The van der Waals surface area contributed by atoms with E-state index in [2.05, 4.69) is 0 Å². The standard InChI is InChI=1S/C10H20O2/c1-5-9(3)10(11)6-8(2)7-12-4/h8-9H,5-7H2,1-4H3. The summed E-state index contributed by atoms with van der Waals surface area (Å²) in [6.07, 6.45) is 1.60. The number of carbonyl (C=O) groups excluding carboxylic acids is 1. The maximum atomic E-state index is 11.4. The Morgan fingerprint density at radius 3 is 2.42 bits per heavy atom. The maximum Gasteiger partial charge on any atom is 0.136 e. The molecule has 0 saturated heterocycles. The van der Waals surface area contributed by atoms with Crippen LogP contribution in [0.25, 0.3) is 0 Å². The van der Waals surface area contributed by atoms with Crippen LogP contribution in [0.2, 0.25) is 0 Å². The molecule has 2 nitrogen and oxygen atoms in total. The van der Waals surface area contributed by atoms with Crippen LogP contribution in [-0.2, 0) is 9.53 Å².